The third kappa shape index (κ3) is 3.35. The van der Waals surface area contributed by atoms with E-state index >= 15 is 0 Å². The predicted molar refractivity (Wildman–Crippen MR) is 74.9 cm³/mol. The van der Waals surface area contributed by atoms with Gasteiger partial charge in [0.2, 0.25) is 0 Å². The summed E-state index contributed by atoms with van der Waals surface area (Å²) in [7, 11) is 0. The maximum atomic E-state index is 9.50. The first-order valence-corrected chi connectivity index (χ1v) is 7.27. The summed E-state index contributed by atoms with van der Waals surface area (Å²) in [5, 5.41) is 12.9. The van der Waals surface area contributed by atoms with Gasteiger partial charge in [-0.3, -0.25) is 0 Å². The Hall–Kier alpha value is -1.36. The van der Waals surface area contributed by atoms with Gasteiger partial charge < -0.3 is 16.2 Å². The van der Waals surface area contributed by atoms with Gasteiger partial charge in [0, 0.05) is 18.5 Å². The lowest BCUT2D eigenvalue weighted by atomic mass is 9.87. The molecule has 0 bridgehead atoms. The van der Waals surface area contributed by atoms with Crippen LogP contribution in [0.15, 0.2) is 6.07 Å². The van der Waals surface area contributed by atoms with Crippen molar-refractivity contribution in [3.05, 3.63) is 11.9 Å². The maximum absolute atomic E-state index is 9.50. The summed E-state index contributed by atoms with van der Waals surface area (Å²) >= 11 is 0. The Labute approximate surface area is 113 Å². The molecule has 2 aliphatic carbocycles. The molecule has 4 N–H and O–H groups in total. The molecule has 1 aromatic heterocycles. The molecular formula is C14H22N4O. The minimum absolute atomic E-state index is 0.0904. The molecule has 0 radical (unpaired) electrons. The summed E-state index contributed by atoms with van der Waals surface area (Å²) < 4.78 is 0. The van der Waals surface area contributed by atoms with E-state index < -0.39 is 0 Å². The summed E-state index contributed by atoms with van der Waals surface area (Å²) in [6, 6.07) is 1.81. The zero-order valence-electron chi connectivity index (χ0n) is 11.2. The molecule has 0 amide bonds. The number of aliphatic hydroxyl groups is 1. The van der Waals surface area contributed by atoms with Crippen LogP contribution in [0.5, 0.6) is 0 Å². The number of aliphatic hydroxyl groups excluding tert-OH is 1. The van der Waals surface area contributed by atoms with Crippen molar-refractivity contribution in [2.24, 2.45) is 5.92 Å². The zero-order chi connectivity index (χ0) is 13.2. The number of nitrogen functional groups attached to an aromatic ring is 1. The molecule has 0 atom stereocenters. The summed E-state index contributed by atoms with van der Waals surface area (Å²) in [4.78, 5) is 8.84. The molecule has 2 fully saturated rings. The van der Waals surface area contributed by atoms with Gasteiger partial charge in [0.25, 0.3) is 0 Å². The smallest absolute Gasteiger partial charge is 0.136 e. The number of nitrogens with zero attached hydrogens (tertiary/aromatic N) is 2. The van der Waals surface area contributed by atoms with Gasteiger partial charge in [0.05, 0.1) is 6.10 Å². The van der Waals surface area contributed by atoms with Crippen molar-refractivity contribution in [2.75, 3.05) is 17.6 Å². The van der Waals surface area contributed by atoms with Crippen LogP contribution in [-0.4, -0.2) is 27.7 Å². The molecule has 19 heavy (non-hydrogen) atoms. The van der Waals surface area contributed by atoms with Crippen molar-refractivity contribution in [1.29, 1.82) is 0 Å². The molecule has 0 saturated heterocycles. The molecule has 104 valence electrons. The minimum Gasteiger partial charge on any atom is -0.393 e. The molecule has 1 aromatic rings. The molecule has 3 rings (SSSR count). The number of anilines is 2. The van der Waals surface area contributed by atoms with Crippen LogP contribution >= 0.6 is 0 Å². The van der Waals surface area contributed by atoms with Crippen molar-refractivity contribution in [2.45, 2.75) is 50.5 Å². The van der Waals surface area contributed by atoms with Crippen LogP contribution in [0.1, 0.15) is 50.3 Å². The van der Waals surface area contributed by atoms with Crippen molar-refractivity contribution in [3.63, 3.8) is 0 Å². The molecule has 2 saturated carbocycles. The van der Waals surface area contributed by atoms with E-state index in [1.807, 2.05) is 6.07 Å². The number of nitrogens with one attached hydrogen (secondary N) is 1. The number of nitrogens with two attached hydrogens (primary N) is 1. The van der Waals surface area contributed by atoms with Gasteiger partial charge in [0.1, 0.15) is 17.5 Å². The highest BCUT2D eigenvalue weighted by Gasteiger charge is 2.27. The molecule has 5 nitrogen and oxygen atoms in total. The second-order valence-electron chi connectivity index (χ2n) is 5.87. The average Bonchev–Trinajstić information content (AvgIpc) is 3.22. The second kappa shape index (κ2) is 5.33. The van der Waals surface area contributed by atoms with Gasteiger partial charge in [-0.15, -0.1) is 0 Å². The Morgan fingerprint density at radius 1 is 1.16 bits per heavy atom. The van der Waals surface area contributed by atoms with Gasteiger partial charge in [-0.1, -0.05) is 0 Å². The lowest BCUT2D eigenvalue weighted by Gasteiger charge is -2.25. The molecule has 5 heteroatoms. The average molecular weight is 262 g/mol. The highest BCUT2D eigenvalue weighted by Crippen LogP contribution is 2.38. The van der Waals surface area contributed by atoms with E-state index in [0.29, 0.717) is 17.7 Å². The van der Waals surface area contributed by atoms with Crippen molar-refractivity contribution in [3.8, 4) is 0 Å². The second-order valence-corrected chi connectivity index (χ2v) is 5.87. The fourth-order valence-corrected chi connectivity index (χ4v) is 2.70. The first-order chi connectivity index (χ1) is 9.20. The van der Waals surface area contributed by atoms with Gasteiger partial charge in [-0.2, -0.15) is 0 Å². The number of rotatable bonds is 4. The molecule has 0 spiro atoms. The Morgan fingerprint density at radius 2 is 1.89 bits per heavy atom. The Bertz CT molecular complexity index is 439. The maximum Gasteiger partial charge on any atom is 0.136 e. The Morgan fingerprint density at radius 3 is 2.58 bits per heavy atom. The van der Waals surface area contributed by atoms with Crippen LogP contribution < -0.4 is 11.1 Å². The van der Waals surface area contributed by atoms with Crippen molar-refractivity contribution < 1.29 is 5.11 Å². The third-order valence-electron chi connectivity index (χ3n) is 4.09. The van der Waals surface area contributed by atoms with Gasteiger partial charge >= 0.3 is 0 Å². The SMILES string of the molecule is Nc1cc(NCC2CCC(O)CC2)nc(C2CC2)n1. The van der Waals surface area contributed by atoms with E-state index in [2.05, 4.69) is 15.3 Å². The first-order valence-electron chi connectivity index (χ1n) is 7.27. The normalized spacial score (nSPS) is 27.2. The monoisotopic (exact) mass is 262 g/mol. The molecule has 2 aliphatic rings. The van der Waals surface area contributed by atoms with E-state index in [1.54, 1.807) is 0 Å². The van der Waals surface area contributed by atoms with Crippen LogP contribution in [0.2, 0.25) is 0 Å². The third-order valence-corrected chi connectivity index (χ3v) is 4.09. The van der Waals surface area contributed by atoms with E-state index in [9.17, 15) is 5.11 Å². The molecule has 0 aromatic carbocycles. The summed E-state index contributed by atoms with van der Waals surface area (Å²) in [6.07, 6.45) is 6.30. The fourth-order valence-electron chi connectivity index (χ4n) is 2.70. The van der Waals surface area contributed by atoms with Gasteiger partial charge in [-0.25, -0.2) is 9.97 Å². The fraction of sp³-hybridized carbons (Fsp3) is 0.714. The van der Waals surface area contributed by atoms with Crippen molar-refractivity contribution >= 4 is 11.6 Å². The highest BCUT2D eigenvalue weighted by atomic mass is 16.3. The lowest BCUT2D eigenvalue weighted by Crippen LogP contribution is -2.24. The van der Waals surface area contributed by atoms with E-state index in [1.165, 1.54) is 12.8 Å². The topological polar surface area (TPSA) is 84.1 Å². The van der Waals surface area contributed by atoms with Gasteiger partial charge in [0.15, 0.2) is 0 Å². The number of hydrogen-bond acceptors (Lipinski definition) is 5. The van der Waals surface area contributed by atoms with Crippen molar-refractivity contribution in [1.82, 2.24) is 9.97 Å². The molecule has 0 aliphatic heterocycles. The van der Waals surface area contributed by atoms with Crippen LogP contribution in [-0.2, 0) is 0 Å². The Kier molecular flexibility index (Phi) is 3.55. The molecule has 1 heterocycles. The predicted octanol–water partition coefficient (Wildman–Crippen LogP) is 1.90. The van der Waals surface area contributed by atoms with E-state index in [4.69, 9.17) is 5.73 Å². The van der Waals surface area contributed by atoms with Gasteiger partial charge in [-0.05, 0) is 44.4 Å². The van der Waals surface area contributed by atoms with E-state index in [-0.39, 0.29) is 6.10 Å². The summed E-state index contributed by atoms with van der Waals surface area (Å²) in [6.45, 7) is 0.910. The quantitative estimate of drug-likeness (QED) is 0.771. The zero-order valence-corrected chi connectivity index (χ0v) is 11.2. The van der Waals surface area contributed by atoms with E-state index in [0.717, 1.165) is 43.9 Å². The highest BCUT2D eigenvalue weighted by molar-refractivity contribution is 5.45. The lowest BCUT2D eigenvalue weighted by molar-refractivity contribution is 0.111. The number of hydrogen-bond donors (Lipinski definition) is 3. The van der Waals surface area contributed by atoms with Crippen LogP contribution in [0.4, 0.5) is 11.6 Å². The van der Waals surface area contributed by atoms with Crippen LogP contribution in [0.3, 0.4) is 0 Å². The first kappa shape index (κ1) is 12.7. The minimum atomic E-state index is -0.0904. The summed E-state index contributed by atoms with van der Waals surface area (Å²) in [5.74, 6) is 3.44. The van der Waals surface area contributed by atoms with Crippen LogP contribution in [0, 0.1) is 5.92 Å². The Balaban J connectivity index is 1.57. The standard InChI is InChI=1S/C14H22N4O/c15-12-7-13(18-14(17-12)10-3-4-10)16-8-9-1-5-11(19)6-2-9/h7,9-11,19H,1-6,8H2,(H3,15,16,17,18). The molecular weight excluding hydrogens is 240 g/mol. The van der Waals surface area contributed by atoms with Crippen LogP contribution in [0.25, 0.3) is 0 Å². The number of aromatic nitrogens is 2. The molecule has 0 unspecified atom stereocenters. The summed E-state index contributed by atoms with van der Waals surface area (Å²) in [5.41, 5.74) is 5.83. The largest absolute Gasteiger partial charge is 0.393 e.